The van der Waals surface area contributed by atoms with E-state index in [1.807, 2.05) is 0 Å². The van der Waals surface area contributed by atoms with Gasteiger partial charge in [0.15, 0.2) is 12.6 Å². The van der Waals surface area contributed by atoms with Crippen LogP contribution in [0.1, 0.15) is 26.3 Å². The third-order valence-electron chi connectivity index (χ3n) is 1.54. The first kappa shape index (κ1) is 9.07. The monoisotopic (exact) mass is 177 g/mol. The molecule has 0 aromatic heterocycles. The Morgan fingerprint density at radius 3 is 2.46 bits per heavy atom. The van der Waals surface area contributed by atoms with Crippen LogP contribution in [0.3, 0.4) is 0 Å². The van der Waals surface area contributed by atoms with E-state index in [1.165, 1.54) is 0 Å². The molecule has 0 unspecified atom stereocenters. The van der Waals surface area contributed by atoms with Gasteiger partial charge in [0.1, 0.15) is 11.9 Å². The van der Waals surface area contributed by atoms with Crippen molar-refractivity contribution in [1.82, 2.24) is 0 Å². The van der Waals surface area contributed by atoms with E-state index in [4.69, 9.17) is 5.26 Å². The normalized spacial score (nSPS) is 8.92. The Balaban J connectivity index is 3.53. The van der Waals surface area contributed by atoms with Crippen LogP contribution in [-0.4, -0.2) is 12.6 Å². The lowest BCUT2D eigenvalue weighted by Gasteiger charge is -1.98. The van der Waals surface area contributed by atoms with Gasteiger partial charge >= 0.3 is 0 Å². The number of nitrogens with zero attached hydrogens (tertiary/aromatic N) is 1. The van der Waals surface area contributed by atoms with Gasteiger partial charge in [0, 0.05) is 11.1 Å². The lowest BCUT2D eigenvalue weighted by atomic mass is 10.0. The molecule has 0 radical (unpaired) electrons. The Bertz CT molecular complexity index is 407. The van der Waals surface area contributed by atoms with Crippen molar-refractivity contribution < 1.29 is 14.0 Å². The standard InChI is InChI=1S/C9H4FNO2/c10-8-1-6(3-11)9(5-13)7(2-8)4-12/h1-2,4-5H. The molecule has 0 saturated carbocycles. The molecule has 4 heteroatoms. The predicted octanol–water partition coefficient (Wildman–Crippen LogP) is 1.32. The number of aldehydes is 2. The Labute approximate surface area is 73.4 Å². The summed E-state index contributed by atoms with van der Waals surface area (Å²) in [7, 11) is 0. The summed E-state index contributed by atoms with van der Waals surface area (Å²) in [6.07, 6.45) is 0.704. The average Bonchev–Trinajstić information content (AvgIpc) is 2.16. The molecule has 0 heterocycles. The number of carbonyl (C=O) groups excluding carboxylic acids is 2. The topological polar surface area (TPSA) is 57.9 Å². The highest BCUT2D eigenvalue weighted by Gasteiger charge is 2.09. The van der Waals surface area contributed by atoms with Crippen molar-refractivity contribution in [3.8, 4) is 6.07 Å². The van der Waals surface area contributed by atoms with E-state index < -0.39 is 5.82 Å². The van der Waals surface area contributed by atoms with Gasteiger partial charge in [-0.15, -0.1) is 0 Å². The van der Waals surface area contributed by atoms with Crippen LogP contribution in [0.5, 0.6) is 0 Å². The average molecular weight is 177 g/mol. The van der Waals surface area contributed by atoms with Gasteiger partial charge < -0.3 is 0 Å². The van der Waals surface area contributed by atoms with E-state index in [-0.39, 0.29) is 16.7 Å². The highest BCUT2D eigenvalue weighted by atomic mass is 19.1. The summed E-state index contributed by atoms with van der Waals surface area (Å²) < 4.78 is 12.7. The van der Waals surface area contributed by atoms with E-state index in [1.54, 1.807) is 6.07 Å². The van der Waals surface area contributed by atoms with Gasteiger partial charge in [0.05, 0.1) is 5.56 Å². The second kappa shape index (κ2) is 3.59. The number of rotatable bonds is 2. The van der Waals surface area contributed by atoms with Crippen molar-refractivity contribution in [3.05, 3.63) is 34.6 Å². The first-order valence-corrected chi connectivity index (χ1v) is 3.37. The van der Waals surface area contributed by atoms with Crippen LogP contribution in [-0.2, 0) is 0 Å². The molecule has 0 amide bonds. The molecule has 1 rings (SSSR count). The zero-order valence-corrected chi connectivity index (χ0v) is 6.45. The molecule has 0 spiro atoms. The van der Waals surface area contributed by atoms with E-state index in [0.29, 0.717) is 12.6 Å². The Hall–Kier alpha value is -2.02. The second-order valence-corrected chi connectivity index (χ2v) is 2.30. The van der Waals surface area contributed by atoms with E-state index in [9.17, 15) is 14.0 Å². The second-order valence-electron chi connectivity index (χ2n) is 2.30. The molecule has 64 valence electrons. The molecular weight excluding hydrogens is 173 g/mol. The minimum Gasteiger partial charge on any atom is -0.298 e. The maximum Gasteiger partial charge on any atom is 0.152 e. The van der Waals surface area contributed by atoms with Gasteiger partial charge in [0.25, 0.3) is 0 Å². The summed E-state index contributed by atoms with van der Waals surface area (Å²) in [5, 5.41) is 8.50. The number of benzene rings is 1. The molecule has 0 atom stereocenters. The van der Waals surface area contributed by atoms with Gasteiger partial charge in [0.2, 0.25) is 0 Å². The van der Waals surface area contributed by atoms with Crippen molar-refractivity contribution in [2.75, 3.05) is 0 Å². The molecule has 1 aromatic carbocycles. The summed E-state index contributed by atoms with van der Waals surface area (Å²) in [5.41, 5.74) is -0.303. The quantitative estimate of drug-likeness (QED) is 0.640. The minimum absolute atomic E-state index is 0.0705. The van der Waals surface area contributed by atoms with Crippen molar-refractivity contribution in [2.45, 2.75) is 0 Å². The first-order chi connectivity index (χ1) is 6.22. The molecule has 0 fully saturated rings. The largest absolute Gasteiger partial charge is 0.298 e. The van der Waals surface area contributed by atoms with Gasteiger partial charge in [-0.1, -0.05) is 0 Å². The molecule has 0 aliphatic carbocycles. The van der Waals surface area contributed by atoms with Crippen molar-refractivity contribution in [3.63, 3.8) is 0 Å². The zero-order valence-electron chi connectivity index (χ0n) is 6.45. The maximum atomic E-state index is 12.7. The molecule has 13 heavy (non-hydrogen) atoms. The van der Waals surface area contributed by atoms with Gasteiger partial charge in [-0.05, 0) is 12.1 Å². The van der Waals surface area contributed by atoms with Crippen LogP contribution in [0.25, 0.3) is 0 Å². The molecular formula is C9H4FNO2. The maximum absolute atomic E-state index is 12.7. The van der Waals surface area contributed by atoms with E-state index in [2.05, 4.69) is 0 Å². The highest BCUT2D eigenvalue weighted by Crippen LogP contribution is 2.12. The molecule has 3 nitrogen and oxygen atoms in total. The molecule has 1 aromatic rings. The van der Waals surface area contributed by atoms with Crippen LogP contribution in [0.2, 0.25) is 0 Å². The number of carbonyl (C=O) groups is 2. The smallest absolute Gasteiger partial charge is 0.152 e. The Morgan fingerprint density at radius 2 is 2.00 bits per heavy atom. The summed E-state index contributed by atoms with van der Waals surface area (Å²) in [5.74, 6) is -0.704. The third kappa shape index (κ3) is 1.59. The van der Waals surface area contributed by atoms with E-state index in [0.717, 1.165) is 12.1 Å². The van der Waals surface area contributed by atoms with Crippen LogP contribution in [0.15, 0.2) is 12.1 Å². The summed E-state index contributed by atoms with van der Waals surface area (Å²) in [6, 6.07) is 3.46. The number of hydrogen-bond donors (Lipinski definition) is 0. The Kier molecular flexibility index (Phi) is 2.50. The van der Waals surface area contributed by atoms with E-state index >= 15 is 0 Å². The highest BCUT2D eigenvalue weighted by molar-refractivity contribution is 5.92. The first-order valence-electron chi connectivity index (χ1n) is 3.37. The lowest BCUT2D eigenvalue weighted by Crippen LogP contribution is -1.96. The fourth-order valence-electron chi connectivity index (χ4n) is 0.961. The van der Waals surface area contributed by atoms with Crippen LogP contribution in [0.4, 0.5) is 4.39 Å². The molecule has 0 N–H and O–H groups in total. The fraction of sp³-hybridized carbons (Fsp3) is 0. The molecule has 0 aliphatic rings. The lowest BCUT2D eigenvalue weighted by molar-refractivity contribution is 0.109. The third-order valence-corrected chi connectivity index (χ3v) is 1.54. The van der Waals surface area contributed by atoms with Crippen LogP contribution >= 0.6 is 0 Å². The number of halogens is 1. The van der Waals surface area contributed by atoms with Crippen molar-refractivity contribution >= 4 is 12.6 Å². The number of hydrogen-bond acceptors (Lipinski definition) is 3. The van der Waals surface area contributed by atoms with Crippen molar-refractivity contribution in [2.24, 2.45) is 0 Å². The molecule has 0 bridgehead atoms. The predicted molar refractivity (Wildman–Crippen MR) is 41.9 cm³/mol. The van der Waals surface area contributed by atoms with Gasteiger partial charge in [-0.3, -0.25) is 9.59 Å². The van der Waals surface area contributed by atoms with Crippen LogP contribution in [0, 0.1) is 17.1 Å². The minimum atomic E-state index is -0.704. The fourth-order valence-corrected chi connectivity index (χ4v) is 0.961. The summed E-state index contributed by atoms with van der Waals surface area (Å²) in [4.78, 5) is 20.8. The van der Waals surface area contributed by atoms with Gasteiger partial charge in [-0.25, -0.2) is 4.39 Å². The summed E-state index contributed by atoms with van der Waals surface area (Å²) >= 11 is 0. The number of nitriles is 1. The van der Waals surface area contributed by atoms with Crippen molar-refractivity contribution in [1.29, 1.82) is 5.26 Å². The molecule has 0 aliphatic heterocycles. The SMILES string of the molecule is N#Cc1cc(F)cc(C=O)c1C=O. The zero-order chi connectivity index (χ0) is 9.84. The Morgan fingerprint density at radius 1 is 1.31 bits per heavy atom. The van der Waals surface area contributed by atoms with Gasteiger partial charge in [-0.2, -0.15) is 5.26 Å². The summed E-state index contributed by atoms with van der Waals surface area (Å²) in [6.45, 7) is 0. The molecule has 0 saturated heterocycles. The van der Waals surface area contributed by atoms with Crippen LogP contribution < -0.4 is 0 Å².